The molecule has 0 unspecified atom stereocenters. The number of carbonyl (C=O) groups excluding carboxylic acids is 1. The summed E-state index contributed by atoms with van der Waals surface area (Å²) in [7, 11) is 0. The Morgan fingerprint density at radius 1 is 1.10 bits per heavy atom. The minimum absolute atomic E-state index is 0.109. The molecule has 0 aliphatic rings. The molecule has 4 nitrogen and oxygen atoms in total. The Hall–Kier alpha value is -2.15. The largest absolute Gasteiger partial charge is 0.322 e. The van der Waals surface area contributed by atoms with Gasteiger partial charge < -0.3 is 5.32 Å². The van der Waals surface area contributed by atoms with E-state index in [0.29, 0.717) is 5.56 Å². The first-order valence-corrected chi connectivity index (χ1v) is 7.47. The molecule has 0 aliphatic heterocycles. The van der Waals surface area contributed by atoms with Crippen LogP contribution in [-0.4, -0.2) is 16.1 Å². The van der Waals surface area contributed by atoms with Gasteiger partial charge in [0.15, 0.2) is 0 Å². The Bertz CT molecular complexity index is 769. The van der Waals surface area contributed by atoms with E-state index in [1.165, 1.54) is 0 Å². The van der Waals surface area contributed by atoms with Crippen LogP contribution in [0.15, 0.2) is 60.8 Å². The van der Waals surface area contributed by atoms with E-state index in [2.05, 4.69) is 38.1 Å². The quantitative estimate of drug-likeness (QED) is 0.667. The highest BCUT2D eigenvalue weighted by Gasteiger charge is 2.09. The lowest BCUT2D eigenvalue weighted by Crippen LogP contribution is -2.13. The molecule has 21 heavy (non-hydrogen) atoms. The number of nitrogens with one attached hydrogen (secondary N) is 2. The zero-order valence-electron chi connectivity index (χ0n) is 11.0. The molecule has 0 fully saturated rings. The molecule has 2 N–H and O–H groups in total. The summed E-state index contributed by atoms with van der Waals surface area (Å²) in [4.78, 5) is 12.3. The van der Waals surface area contributed by atoms with Crippen LogP contribution in [0.4, 0.5) is 5.69 Å². The molecule has 3 rings (SSSR count). The van der Waals surface area contributed by atoms with Crippen molar-refractivity contribution >= 4 is 34.2 Å². The molecular weight excluding hydrogens is 377 g/mol. The topological polar surface area (TPSA) is 57.8 Å². The molecule has 3 aromatic rings. The van der Waals surface area contributed by atoms with Crippen molar-refractivity contribution in [2.45, 2.75) is 0 Å². The van der Waals surface area contributed by atoms with Crippen LogP contribution < -0.4 is 5.32 Å². The summed E-state index contributed by atoms with van der Waals surface area (Å²) in [5.74, 6) is -0.109. The molecule has 1 amide bonds. The Morgan fingerprint density at radius 3 is 2.71 bits per heavy atom. The Balaban J connectivity index is 1.84. The molecule has 1 aromatic heterocycles. The van der Waals surface area contributed by atoms with Gasteiger partial charge in [-0.25, -0.2) is 0 Å². The SMILES string of the molecule is O=C(Nc1cccc(-c2ccn[nH]2)c1)c1ccccc1I. The predicted octanol–water partition coefficient (Wildman–Crippen LogP) is 3.93. The number of carbonyl (C=O) groups is 1. The monoisotopic (exact) mass is 389 g/mol. The summed E-state index contributed by atoms with van der Waals surface area (Å²) < 4.78 is 0.928. The van der Waals surface area contributed by atoms with Crippen molar-refractivity contribution < 1.29 is 4.79 Å². The molecule has 104 valence electrons. The van der Waals surface area contributed by atoms with Crippen LogP contribution in [-0.2, 0) is 0 Å². The number of rotatable bonds is 3. The van der Waals surface area contributed by atoms with E-state index < -0.39 is 0 Å². The van der Waals surface area contributed by atoms with Crippen LogP contribution in [0.3, 0.4) is 0 Å². The fraction of sp³-hybridized carbons (Fsp3) is 0. The Morgan fingerprint density at radius 2 is 1.95 bits per heavy atom. The second-order valence-corrected chi connectivity index (χ2v) is 5.65. The number of amides is 1. The third kappa shape index (κ3) is 3.13. The number of nitrogens with zero attached hydrogens (tertiary/aromatic N) is 1. The fourth-order valence-electron chi connectivity index (χ4n) is 2.02. The van der Waals surface area contributed by atoms with E-state index in [1.807, 2.05) is 54.6 Å². The van der Waals surface area contributed by atoms with E-state index >= 15 is 0 Å². The molecule has 0 saturated carbocycles. The minimum atomic E-state index is -0.109. The lowest BCUT2D eigenvalue weighted by Gasteiger charge is -2.08. The van der Waals surface area contributed by atoms with Crippen molar-refractivity contribution in [3.8, 4) is 11.3 Å². The second-order valence-electron chi connectivity index (χ2n) is 4.49. The minimum Gasteiger partial charge on any atom is -0.322 e. The van der Waals surface area contributed by atoms with Crippen molar-refractivity contribution in [3.63, 3.8) is 0 Å². The first-order valence-electron chi connectivity index (χ1n) is 6.40. The number of H-pyrrole nitrogens is 1. The van der Waals surface area contributed by atoms with Gasteiger partial charge in [0.1, 0.15) is 0 Å². The molecule has 1 heterocycles. The van der Waals surface area contributed by atoms with Crippen LogP contribution in [0.5, 0.6) is 0 Å². The number of aromatic nitrogens is 2. The fourth-order valence-corrected chi connectivity index (χ4v) is 2.66. The molecule has 0 saturated heterocycles. The smallest absolute Gasteiger partial charge is 0.256 e. The van der Waals surface area contributed by atoms with E-state index in [1.54, 1.807) is 6.20 Å². The summed E-state index contributed by atoms with van der Waals surface area (Å²) in [6, 6.07) is 17.1. The van der Waals surface area contributed by atoms with Gasteiger partial charge >= 0.3 is 0 Å². The van der Waals surface area contributed by atoms with Crippen LogP contribution in [0.1, 0.15) is 10.4 Å². The van der Waals surface area contributed by atoms with Gasteiger partial charge in [0.05, 0.1) is 11.3 Å². The van der Waals surface area contributed by atoms with Gasteiger partial charge in [0.2, 0.25) is 0 Å². The summed E-state index contributed by atoms with van der Waals surface area (Å²) in [5.41, 5.74) is 3.32. The highest BCUT2D eigenvalue weighted by Crippen LogP contribution is 2.21. The lowest BCUT2D eigenvalue weighted by molar-refractivity contribution is 0.102. The van der Waals surface area contributed by atoms with E-state index in [9.17, 15) is 4.79 Å². The van der Waals surface area contributed by atoms with E-state index in [0.717, 1.165) is 20.5 Å². The second kappa shape index (κ2) is 6.09. The van der Waals surface area contributed by atoms with Gasteiger partial charge in [-0.1, -0.05) is 24.3 Å². The number of aromatic amines is 1. The van der Waals surface area contributed by atoms with Gasteiger partial charge in [-0.05, 0) is 52.9 Å². The molecule has 5 heteroatoms. The van der Waals surface area contributed by atoms with Crippen LogP contribution in [0.2, 0.25) is 0 Å². The third-order valence-electron chi connectivity index (χ3n) is 3.05. The maximum absolute atomic E-state index is 12.3. The molecule has 0 spiro atoms. The molecule has 0 atom stereocenters. The Kier molecular flexibility index (Phi) is 4.01. The maximum Gasteiger partial charge on any atom is 0.256 e. The number of hydrogen-bond donors (Lipinski definition) is 2. The van der Waals surface area contributed by atoms with Crippen molar-refractivity contribution in [2.24, 2.45) is 0 Å². The van der Waals surface area contributed by atoms with E-state index in [4.69, 9.17) is 0 Å². The summed E-state index contributed by atoms with van der Waals surface area (Å²) in [6.45, 7) is 0. The van der Waals surface area contributed by atoms with Crippen LogP contribution in [0, 0.1) is 3.57 Å². The summed E-state index contributed by atoms with van der Waals surface area (Å²) in [5, 5.41) is 9.77. The standard InChI is InChI=1S/C16H12IN3O/c17-14-7-2-1-6-13(14)16(21)19-12-5-3-4-11(10-12)15-8-9-18-20-15/h1-10H,(H,18,20)(H,19,21). The van der Waals surface area contributed by atoms with E-state index in [-0.39, 0.29) is 5.91 Å². The Labute approximate surface area is 135 Å². The number of benzene rings is 2. The lowest BCUT2D eigenvalue weighted by atomic mass is 10.1. The first-order chi connectivity index (χ1) is 10.2. The number of hydrogen-bond acceptors (Lipinski definition) is 2. The molecule has 2 aromatic carbocycles. The highest BCUT2D eigenvalue weighted by atomic mass is 127. The van der Waals surface area contributed by atoms with Gasteiger partial charge in [-0.3, -0.25) is 9.89 Å². The van der Waals surface area contributed by atoms with Gasteiger partial charge in [-0.2, -0.15) is 5.10 Å². The normalized spacial score (nSPS) is 10.3. The van der Waals surface area contributed by atoms with Crippen LogP contribution >= 0.6 is 22.6 Å². The third-order valence-corrected chi connectivity index (χ3v) is 3.99. The number of halogens is 1. The van der Waals surface area contributed by atoms with Crippen LogP contribution in [0.25, 0.3) is 11.3 Å². The molecular formula is C16H12IN3O. The average Bonchev–Trinajstić information content (AvgIpc) is 3.02. The summed E-state index contributed by atoms with van der Waals surface area (Å²) >= 11 is 2.16. The van der Waals surface area contributed by atoms with Crippen molar-refractivity contribution in [3.05, 3.63) is 69.9 Å². The molecule has 0 bridgehead atoms. The van der Waals surface area contributed by atoms with Crippen molar-refractivity contribution in [1.82, 2.24) is 10.2 Å². The maximum atomic E-state index is 12.3. The molecule has 0 radical (unpaired) electrons. The average molecular weight is 389 g/mol. The zero-order valence-corrected chi connectivity index (χ0v) is 13.2. The van der Waals surface area contributed by atoms with Gasteiger partial charge in [-0.15, -0.1) is 0 Å². The summed E-state index contributed by atoms with van der Waals surface area (Å²) in [6.07, 6.45) is 1.70. The predicted molar refractivity (Wildman–Crippen MR) is 91.1 cm³/mol. The highest BCUT2D eigenvalue weighted by molar-refractivity contribution is 14.1. The zero-order chi connectivity index (χ0) is 14.7. The van der Waals surface area contributed by atoms with Crippen molar-refractivity contribution in [1.29, 1.82) is 0 Å². The van der Waals surface area contributed by atoms with Gasteiger partial charge in [0.25, 0.3) is 5.91 Å². The number of anilines is 1. The van der Waals surface area contributed by atoms with Crippen molar-refractivity contribution in [2.75, 3.05) is 5.32 Å². The first kappa shape index (κ1) is 13.8. The van der Waals surface area contributed by atoms with Gasteiger partial charge in [0, 0.05) is 21.0 Å². The molecule has 0 aliphatic carbocycles.